The Kier molecular flexibility index (Phi) is 4.04. The summed E-state index contributed by atoms with van der Waals surface area (Å²) in [6, 6.07) is 2.76. The molecule has 0 amide bonds. The van der Waals surface area contributed by atoms with Crippen LogP contribution in [0.15, 0.2) is 12.1 Å². The number of ether oxygens (including phenoxy) is 1. The maximum atomic E-state index is 11.6. The van der Waals surface area contributed by atoms with Gasteiger partial charge in [0, 0.05) is 12.1 Å². The molecule has 1 rings (SSSR count). The normalized spacial score (nSPS) is 11.5. The van der Waals surface area contributed by atoms with Gasteiger partial charge in [0.25, 0.3) is 0 Å². The van der Waals surface area contributed by atoms with Crippen molar-refractivity contribution >= 4 is 5.97 Å². The standard InChI is InChI=1S/C12H19NO4/c1-4-12(2,3)11(16)17-8-7-13-9(14)5-6-10(13)15/h5-6,14-15H,4,7-8H2,1-3H3. The highest BCUT2D eigenvalue weighted by atomic mass is 16.5. The Morgan fingerprint density at radius 1 is 1.35 bits per heavy atom. The predicted octanol–water partition coefficient (Wildman–Crippen LogP) is 1.88. The highest BCUT2D eigenvalue weighted by molar-refractivity contribution is 5.75. The molecule has 1 aromatic heterocycles. The number of esters is 1. The van der Waals surface area contributed by atoms with Gasteiger partial charge in [-0.05, 0) is 20.3 Å². The van der Waals surface area contributed by atoms with Gasteiger partial charge in [0.2, 0.25) is 0 Å². The van der Waals surface area contributed by atoms with E-state index in [1.54, 1.807) is 0 Å². The lowest BCUT2D eigenvalue weighted by Gasteiger charge is -2.20. The number of rotatable bonds is 5. The summed E-state index contributed by atoms with van der Waals surface area (Å²) in [7, 11) is 0. The molecule has 0 aromatic carbocycles. The summed E-state index contributed by atoms with van der Waals surface area (Å²) < 4.78 is 6.37. The zero-order valence-electron chi connectivity index (χ0n) is 10.4. The Hall–Kier alpha value is -1.65. The van der Waals surface area contributed by atoms with Gasteiger partial charge >= 0.3 is 5.97 Å². The Morgan fingerprint density at radius 2 is 1.88 bits per heavy atom. The van der Waals surface area contributed by atoms with E-state index in [1.807, 2.05) is 20.8 Å². The van der Waals surface area contributed by atoms with Gasteiger partial charge < -0.3 is 14.9 Å². The van der Waals surface area contributed by atoms with Crippen LogP contribution in [-0.2, 0) is 16.1 Å². The molecule has 1 heterocycles. The molecule has 96 valence electrons. The molecule has 5 heteroatoms. The average Bonchev–Trinajstić information content (AvgIpc) is 2.60. The lowest BCUT2D eigenvalue weighted by atomic mass is 9.91. The summed E-state index contributed by atoms with van der Waals surface area (Å²) in [5.41, 5.74) is -0.499. The van der Waals surface area contributed by atoms with E-state index in [0.29, 0.717) is 6.42 Å². The third-order valence-electron chi connectivity index (χ3n) is 2.92. The van der Waals surface area contributed by atoms with Crippen LogP contribution in [0.2, 0.25) is 0 Å². The molecule has 0 atom stereocenters. The largest absolute Gasteiger partial charge is 0.494 e. The first-order valence-corrected chi connectivity index (χ1v) is 5.63. The van der Waals surface area contributed by atoms with Crippen LogP contribution >= 0.6 is 0 Å². The van der Waals surface area contributed by atoms with Gasteiger partial charge in [0.1, 0.15) is 6.61 Å². The Bertz CT molecular complexity index is 376. The number of aromatic nitrogens is 1. The van der Waals surface area contributed by atoms with E-state index >= 15 is 0 Å². The van der Waals surface area contributed by atoms with E-state index in [2.05, 4.69) is 0 Å². The minimum Gasteiger partial charge on any atom is -0.494 e. The molecule has 0 fully saturated rings. The fourth-order valence-electron chi connectivity index (χ4n) is 1.24. The molecule has 0 spiro atoms. The van der Waals surface area contributed by atoms with Crippen molar-refractivity contribution in [2.24, 2.45) is 5.41 Å². The first-order valence-electron chi connectivity index (χ1n) is 5.63. The van der Waals surface area contributed by atoms with Gasteiger partial charge in [-0.15, -0.1) is 0 Å². The van der Waals surface area contributed by atoms with Crippen LogP contribution in [-0.4, -0.2) is 27.4 Å². The number of carbonyl (C=O) groups excluding carboxylic acids is 1. The molecular formula is C12H19NO4. The van der Waals surface area contributed by atoms with E-state index < -0.39 is 5.41 Å². The van der Waals surface area contributed by atoms with Crippen molar-refractivity contribution in [2.45, 2.75) is 33.7 Å². The maximum absolute atomic E-state index is 11.6. The van der Waals surface area contributed by atoms with Crippen molar-refractivity contribution in [1.29, 1.82) is 0 Å². The van der Waals surface area contributed by atoms with Crippen molar-refractivity contribution in [2.75, 3.05) is 6.61 Å². The third kappa shape index (κ3) is 3.15. The van der Waals surface area contributed by atoms with Gasteiger partial charge in [-0.1, -0.05) is 6.92 Å². The topological polar surface area (TPSA) is 71.7 Å². The molecule has 0 radical (unpaired) electrons. The molecular weight excluding hydrogens is 222 g/mol. The minimum atomic E-state index is -0.499. The van der Waals surface area contributed by atoms with Crippen LogP contribution in [0.3, 0.4) is 0 Å². The fraction of sp³-hybridized carbons (Fsp3) is 0.583. The van der Waals surface area contributed by atoms with Gasteiger partial charge in [-0.2, -0.15) is 0 Å². The first-order chi connectivity index (χ1) is 7.88. The van der Waals surface area contributed by atoms with E-state index in [4.69, 9.17) is 4.74 Å². The molecule has 2 N–H and O–H groups in total. The monoisotopic (exact) mass is 241 g/mol. The second-order valence-electron chi connectivity index (χ2n) is 4.57. The van der Waals surface area contributed by atoms with Crippen LogP contribution in [0, 0.1) is 5.41 Å². The SMILES string of the molecule is CCC(C)(C)C(=O)OCCn1c(O)ccc1O. The molecule has 5 nitrogen and oxygen atoms in total. The number of nitrogens with zero attached hydrogens (tertiary/aromatic N) is 1. The van der Waals surface area contributed by atoms with E-state index in [-0.39, 0.29) is 30.9 Å². The Balaban J connectivity index is 2.46. The van der Waals surface area contributed by atoms with Gasteiger partial charge in [0.05, 0.1) is 12.0 Å². The number of aromatic hydroxyl groups is 2. The molecule has 0 aliphatic rings. The van der Waals surface area contributed by atoms with E-state index in [9.17, 15) is 15.0 Å². The summed E-state index contributed by atoms with van der Waals surface area (Å²) in [6.07, 6.45) is 0.700. The Morgan fingerprint density at radius 3 is 2.35 bits per heavy atom. The summed E-state index contributed by atoms with van der Waals surface area (Å²) in [6.45, 7) is 5.92. The van der Waals surface area contributed by atoms with Crippen molar-refractivity contribution < 1.29 is 19.7 Å². The lowest BCUT2D eigenvalue weighted by molar-refractivity contribution is -0.154. The summed E-state index contributed by atoms with van der Waals surface area (Å²) in [4.78, 5) is 11.6. The smallest absolute Gasteiger partial charge is 0.311 e. The zero-order valence-corrected chi connectivity index (χ0v) is 10.4. The molecule has 0 aliphatic carbocycles. The van der Waals surface area contributed by atoms with Crippen molar-refractivity contribution in [3.05, 3.63) is 12.1 Å². The van der Waals surface area contributed by atoms with Crippen molar-refractivity contribution in [1.82, 2.24) is 4.57 Å². The predicted molar refractivity (Wildman–Crippen MR) is 62.8 cm³/mol. The molecule has 1 aromatic rings. The number of hydrogen-bond acceptors (Lipinski definition) is 4. The highest BCUT2D eigenvalue weighted by Crippen LogP contribution is 2.23. The molecule has 0 unspecified atom stereocenters. The van der Waals surface area contributed by atoms with Crippen molar-refractivity contribution in [3.8, 4) is 11.8 Å². The van der Waals surface area contributed by atoms with Crippen LogP contribution in [0.4, 0.5) is 0 Å². The average molecular weight is 241 g/mol. The first kappa shape index (κ1) is 13.4. The quantitative estimate of drug-likeness (QED) is 0.772. The molecule has 0 saturated heterocycles. The summed E-state index contributed by atoms with van der Waals surface area (Å²) in [5, 5.41) is 18.7. The minimum absolute atomic E-state index is 0.0479. The molecule has 17 heavy (non-hydrogen) atoms. The van der Waals surface area contributed by atoms with Gasteiger partial charge in [-0.25, -0.2) is 0 Å². The number of carbonyl (C=O) groups is 1. The molecule has 0 bridgehead atoms. The van der Waals surface area contributed by atoms with E-state index in [1.165, 1.54) is 16.7 Å². The summed E-state index contributed by atoms with van der Waals surface area (Å²) in [5.74, 6) is -0.368. The fourth-order valence-corrected chi connectivity index (χ4v) is 1.24. The summed E-state index contributed by atoms with van der Waals surface area (Å²) >= 11 is 0. The Labute approximate surface area is 101 Å². The number of hydrogen-bond donors (Lipinski definition) is 2. The van der Waals surface area contributed by atoms with Gasteiger partial charge in [0.15, 0.2) is 11.8 Å². The van der Waals surface area contributed by atoms with Crippen molar-refractivity contribution in [3.63, 3.8) is 0 Å². The second kappa shape index (κ2) is 5.12. The zero-order chi connectivity index (χ0) is 13.1. The van der Waals surface area contributed by atoms with Crippen LogP contribution in [0.1, 0.15) is 27.2 Å². The maximum Gasteiger partial charge on any atom is 0.311 e. The second-order valence-corrected chi connectivity index (χ2v) is 4.57. The van der Waals surface area contributed by atoms with E-state index in [0.717, 1.165) is 0 Å². The van der Waals surface area contributed by atoms with Gasteiger partial charge in [-0.3, -0.25) is 9.36 Å². The third-order valence-corrected chi connectivity index (χ3v) is 2.92. The van der Waals surface area contributed by atoms with Crippen LogP contribution in [0.25, 0.3) is 0 Å². The molecule has 0 aliphatic heterocycles. The van der Waals surface area contributed by atoms with Crippen LogP contribution in [0.5, 0.6) is 11.8 Å². The highest BCUT2D eigenvalue weighted by Gasteiger charge is 2.26. The molecule has 0 saturated carbocycles. The van der Waals surface area contributed by atoms with Crippen LogP contribution < -0.4 is 0 Å². The lowest BCUT2D eigenvalue weighted by Crippen LogP contribution is -2.26.